The van der Waals surface area contributed by atoms with Crippen molar-refractivity contribution in [3.8, 4) is 0 Å². The summed E-state index contributed by atoms with van der Waals surface area (Å²) in [4.78, 5) is 17.1. The molecular formula is C19H29N3O2. The number of likely N-dealkylation sites (tertiary alicyclic amines) is 1. The first-order chi connectivity index (χ1) is 11.6. The van der Waals surface area contributed by atoms with E-state index in [4.69, 9.17) is 10.5 Å². The molecule has 2 aliphatic heterocycles. The number of rotatable bonds is 4. The minimum absolute atomic E-state index is 0.137. The highest BCUT2D eigenvalue weighted by atomic mass is 16.5. The summed E-state index contributed by atoms with van der Waals surface area (Å²) in [6.45, 7) is 6.69. The summed E-state index contributed by atoms with van der Waals surface area (Å²) in [5, 5.41) is 0. The van der Waals surface area contributed by atoms with Crippen LogP contribution in [0.25, 0.3) is 0 Å². The molecule has 2 fully saturated rings. The first kappa shape index (κ1) is 17.4. The second-order valence-electron chi connectivity index (χ2n) is 7.13. The molecule has 0 bridgehead atoms. The molecule has 2 saturated heterocycles. The molecule has 0 aromatic heterocycles. The highest BCUT2D eigenvalue weighted by Crippen LogP contribution is 2.21. The number of carbonyl (C=O) groups excluding carboxylic acids is 1. The van der Waals surface area contributed by atoms with Crippen LogP contribution in [0.3, 0.4) is 0 Å². The number of hydrogen-bond donors (Lipinski definition) is 1. The molecule has 2 N–H and O–H groups in total. The van der Waals surface area contributed by atoms with Crippen molar-refractivity contribution in [3.05, 3.63) is 35.9 Å². The summed E-state index contributed by atoms with van der Waals surface area (Å²) < 4.78 is 5.79. The quantitative estimate of drug-likeness (QED) is 0.908. The maximum absolute atomic E-state index is 12.9. The van der Waals surface area contributed by atoms with Crippen molar-refractivity contribution in [3.63, 3.8) is 0 Å². The van der Waals surface area contributed by atoms with Crippen molar-refractivity contribution < 1.29 is 9.53 Å². The minimum Gasteiger partial charge on any atom is -0.366 e. The first-order valence-electron chi connectivity index (χ1n) is 9.05. The van der Waals surface area contributed by atoms with E-state index in [9.17, 15) is 4.79 Å². The van der Waals surface area contributed by atoms with Gasteiger partial charge in [-0.3, -0.25) is 9.69 Å². The number of nitrogens with two attached hydrogens (primary N) is 1. The van der Waals surface area contributed by atoms with Crippen LogP contribution in [0, 0.1) is 5.92 Å². The van der Waals surface area contributed by atoms with Crippen LogP contribution in [0.5, 0.6) is 0 Å². The maximum atomic E-state index is 12.9. The third-order valence-corrected chi connectivity index (χ3v) is 5.19. The van der Waals surface area contributed by atoms with Crippen LogP contribution in [0.4, 0.5) is 0 Å². The zero-order valence-corrected chi connectivity index (χ0v) is 14.6. The Morgan fingerprint density at radius 1 is 1.29 bits per heavy atom. The SMILES string of the molecule is CC(N)C1CCCN(C(=O)C2CN(Cc3ccccc3)CCO2)C1. The van der Waals surface area contributed by atoms with Crippen molar-refractivity contribution in [1.29, 1.82) is 0 Å². The van der Waals surface area contributed by atoms with Crippen molar-refractivity contribution in [2.75, 3.05) is 32.8 Å². The Balaban J connectivity index is 1.56. The monoisotopic (exact) mass is 331 g/mol. The molecule has 1 amide bonds. The molecule has 1 aromatic carbocycles. The van der Waals surface area contributed by atoms with E-state index < -0.39 is 0 Å². The van der Waals surface area contributed by atoms with Gasteiger partial charge in [-0.05, 0) is 31.2 Å². The normalized spacial score (nSPS) is 27.0. The van der Waals surface area contributed by atoms with E-state index >= 15 is 0 Å². The van der Waals surface area contributed by atoms with Gasteiger partial charge >= 0.3 is 0 Å². The van der Waals surface area contributed by atoms with Crippen LogP contribution in [0.15, 0.2) is 30.3 Å². The molecule has 0 radical (unpaired) electrons. The molecule has 5 heteroatoms. The predicted molar refractivity (Wildman–Crippen MR) is 94.4 cm³/mol. The summed E-state index contributed by atoms with van der Waals surface area (Å²) in [6.07, 6.45) is 1.82. The molecule has 0 aliphatic carbocycles. The fraction of sp³-hybridized carbons (Fsp3) is 0.632. The number of carbonyl (C=O) groups is 1. The molecule has 3 atom stereocenters. The number of morpholine rings is 1. The largest absolute Gasteiger partial charge is 0.366 e. The topological polar surface area (TPSA) is 58.8 Å². The van der Waals surface area contributed by atoms with E-state index in [-0.39, 0.29) is 18.1 Å². The molecule has 1 aromatic rings. The van der Waals surface area contributed by atoms with Crippen LogP contribution in [0.1, 0.15) is 25.3 Å². The minimum atomic E-state index is -0.339. The lowest BCUT2D eigenvalue weighted by Gasteiger charge is -2.39. The molecule has 3 unspecified atom stereocenters. The van der Waals surface area contributed by atoms with Crippen molar-refractivity contribution >= 4 is 5.91 Å². The number of hydrogen-bond acceptors (Lipinski definition) is 4. The first-order valence-corrected chi connectivity index (χ1v) is 9.05. The second kappa shape index (κ2) is 8.10. The molecule has 5 nitrogen and oxygen atoms in total. The number of ether oxygens (including phenoxy) is 1. The highest BCUT2D eigenvalue weighted by molar-refractivity contribution is 5.81. The fourth-order valence-corrected chi connectivity index (χ4v) is 3.68. The summed E-state index contributed by atoms with van der Waals surface area (Å²) in [7, 11) is 0. The Hall–Kier alpha value is -1.43. The van der Waals surface area contributed by atoms with E-state index in [0.717, 1.165) is 39.0 Å². The predicted octanol–water partition coefficient (Wildman–Crippen LogP) is 1.47. The van der Waals surface area contributed by atoms with Crippen molar-refractivity contribution in [2.45, 2.75) is 38.5 Å². The average Bonchev–Trinajstić information content (AvgIpc) is 2.62. The van der Waals surface area contributed by atoms with Crippen LogP contribution in [-0.2, 0) is 16.1 Å². The lowest BCUT2D eigenvalue weighted by Crippen LogP contribution is -2.53. The van der Waals surface area contributed by atoms with E-state index in [0.29, 0.717) is 19.1 Å². The molecule has 3 rings (SSSR count). The smallest absolute Gasteiger partial charge is 0.253 e. The van der Waals surface area contributed by atoms with Gasteiger partial charge in [0.2, 0.25) is 0 Å². The Labute approximate surface area is 144 Å². The number of nitrogens with zero attached hydrogens (tertiary/aromatic N) is 2. The standard InChI is InChI=1S/C19H29N3O2/c1-15(20)17-8-5-9-22(13-17)19(23)18-14-21(10-11-24-18)12-16-6-3-2-4-7-16/h2-4,6-7,15,17-18H,5,8-14,20H2,1H3. The lowest BCUT2D eigenvalue weighted by atomic mass is 9.92. The van der Waals surface area contributed by atoms with Gasteiger partial charge in [0, 0.05) is 38.8 Å². The lowest BCUT2D eigenvalue weighted by molar-refractivity contribution is -0.151. The van der Waals surface area contributed by atoms with Gasteiger partial charge in [0.1, 0.15) is 6.10 Å². The molecule has 0 spiro atoms. The number of benzene rings is 1. The molecule has 2 heterocycles. The summed E-state index contributed by atoms with van der Waals surface area (Å²) in [6, 6.07) is 10.5. The Kier molecular flexibility index (Phi) is 5.87. The number of piperidine rings is 1. The van der Waals surface area contributed by atoms with Crippen LogP contribution in [-0.4, -0.2) is 60.6 Å². The van der Waals surface area contributed by atoms with Gasteiger partial charge in [-0.15, -0.1) is 0 Å². The molecule has 2 aliphatic rings. The maximum Gasteiger partial charge on any atom is 0.253 e. The van der Waals surface area contributed by atoms with E-state index in [1.54, 1.807) is 0 Å². The Morgan fingerprint density at radius 2 is 2.08 bits per heavy atom. The van der Waals surface area contributed by atoms with Crippen molar-refractivity contribution in [1.82, 2.24) is 9.80 Å². The van der Waals surface area contributed by atoms with Crippen LogP contribution < -0.4 is 5.73 Å². The van der Waals surface area contributed by atoms with Crippen LogP contribution >= 0.6 is 0 Å². The van der Waals surface area contributed by atoms with E-state index in [1.807, 2.05) is 17.9 Å². The van der Waals surface area contributed by atoms with Crippen molar-refractivity contribution in [2.24, 2.45) is 11.7 Å². The molecular weight excluding hydrogens is 302 g/mol. The zero-order chi connectivity index (χ0) is 16.9. The third-order valence-electron chi connectivity index (χ3n) is 5.19. The van der Waals surface area contributed by atoms with E-state index in [2.05, 4.69) is 29.2 Å². The molecule has 0 saturated carbocycles. The van der Waals surface area contributed by atoms with Gasteiger partial charge in [0.15, 0.2) is 0 Å². The summed E-state index contributed by atoms with van der Waals surface area (Å²) in [5.41, 5.74) is 7.32. The molecule has 24 heavy (non-hydrogen) atoms. The zero-order valence-electron chi connectivity index (χ0n) is 14.6. The average molecular weight is 331 g/mol. The summed E-state index contributed by atoms with van der Waals surface area (Å²) in [5.74, 6) is 0.546. The number of amides is 1. The van der Waals surface area contributed by atoms with Gasteiger partial charge in [-0.1, -0.05) is 30.3 Å². The van der Waals surface area contributed by atoms with Gasteiger partial charge < -0.3 is 15.4 Å². The molecule has 132 valence electrons. The second-order valence-corrected chi connectivity index (χ2v) is 7.13. The third kappa shape index (κ3) is 4.35. The van der Waals surface area contributed by atoms with E-state index in [1.165, 1.54) is 5.56 Å². The van der Waals surface area contributed by atoms with Gasteiger partial charge in [-0.25, -0.2) is 0 Å². The van der Waals surface area contributed by atoms with Crippen LogP contribution in [0.2, 0.25) is 0 Å². The fourth-order valence-electron chi connectivity index (χ4n) is 3.68. The Bertz CT molecular complexity index is 535. The van der Waals surface area contributed by atoms with Gasteiger partial charge in [-0.2, -0.15) is 0 Å². The summed E-state index contributed by atoms with van der Waals surface area (Å²) >= 11 is 0. The van der Waals surface area contributed by atoms with Gasteiger partial charge in [0.25, 0.3) is 5.91 Å². The van der Waals surface area contributed by atoms with Gasteiger partial charge in [0.05, 0.1) is 6.61 Å². The highest BCUT2D eigenvalue weighted by Gasteiger charge is 2.33. The Morgan fingerprint density at radius 3 is 2.83 bits per heavy atom.